The van der Waals surface area contributed by atoms with E-state index in [1.165, 1.54) is 12.8 Å². The monoisotopic (exact) mass is 290 g/mol. The molecule has 0 spiro atoms. The van der Waals surface area contributed by atoms with Crippen molar-refractivity contribution in [2.45, 2.75) is 39.7 Å². The van der Waals surface area contributed by atoms with Crippen LogP contribution in [0, 0.1) is 17.8 Å². The van der Waals surface area contributed by atoms with Crippen LogP contribution >= 0.6 is 0 Å². The van der Waals surface area contributed by atoms with E-state index in [0.717, 1.165) is 23.5 Å². The van der Waals surface area contributed by atoms with Crippen LogP contribution in [0.3, 0.4) is 0 Å². The molecule has 0 amide bonds. The van der Waals surface area contributed by atoms with Crippen LogP contribution in [0.4, 0.5) is 0 Å². The van der Waals surface area contributed by atoms with Crippen LogP contribution in [0.15, 0.2) is 18.2 Å². The van der Waals surface area contributed by atoms with Gasteiger partial charge in [0.05, 0.1) is 25.9 Å². The number of hydrogen-bond acceptors (Lipinski definition) is 3. The lowest BCUT2D eigenvalue weighted by Crippen LogP contribution is -2.05. The van der Waals surface area contributed by atoms with Crippen molar-refractivity contribution in [3.05, 3.63) is 29.3 Å². The molecule has 0 aliphatic rings. The third kappa shape index (κ3) is 6.66. The average molecular weight is 290 g/mol. The fraction of sp³-hybridized carbons (Fsp3) is 0.556. The summed E-state index contributed by atoms with van der Waals surface area (Å²) in [6, 6.07) is 5.91. The SMILES string of the molecule is CCCC(C)COCc1ccc(OC)c(C#CCCO)c1. The second-order valence-corrected chi connectivity index (χ2v) is 5.22. The lowest BCUT2D eigenvalue weighted by Gasteiger charge is -2.11. The Morgan fingerprint density at radius 2 is 2.14 bits per heavy atom. The largest absolute Gasteiger partial charge is 0.495 e. The molecule has 21 heavy (non-hydrogen) atoms. The van der Waals surface area contributed by atoms with Gasteiger partial charge in [0.1, 0.15) is 5.75 Å². The Morgan fingerprint density at radius 3 is 2.81 bits per heavy atom. The van der Waals surface area contributed by atoms with E-state index in [9.17, 15) is 0 Å². The number of rotatable bonds is 8. The van der Waals surface area contributed by atoms with Gasteiger partial charge in [0.15, 0.2) is 0 Å². The second kappa shape index (κ2) is 10.3. The smallest absolute Gasteiger partial charge is 0.134 e. The molecule has 1 N–H and O–H groups in total. The van der Waals surface area contributed by atoms with Crippen molar-refractivity contribution in [2.24, 2.45) is 5.92 Å². The molecular formula is C18H26O3. The predicted octanol–water partition coefficient (Wildman–Crippen LogP) is 3.38. The standard InChI is InChI=1S/C18H26O3/c1-4-7-15(2)13-21-14-16-9-10-18(20-3)17(12-16)8-5-6-11-19/h9-10,12,15,19H,4,6-7,11,13-14H2,1-3H3. The van der Waals surface area contributed by atoms with Crippen LogP contribution < -0.4 is 4.74 Å². The van der Waals surface area contributed by atoms with E-state index in [1.54, 1.807) is 7.11 Å². The van der Waals surface area contributed by atoms with Crippen LogP contribution in [-0.2, 0) is 11.3 Å². The van der Waals surface area contributed by atoms with Crippen LogP contribution in [0.5, 0.6) is 5.75 Å². The molecule has 0 aromatic heterocycles. The summed E-state index contributed by atoms with van der Waals surface area (Å²) in [4.78, 5) is 0. The minimum Gasteiger partial charge on any atom is -0.495 e. The highest BCUT2D eigenvalue weighted by Gasteiger charge is 2.04. The summed E-state index contributed by atoms with van der Waals surface area (Å²) in [5, 5.41) is 8.78. The molecule has 0 fully saturated rings. The Morgan fingerprint density at radius 1 is 1.33 bits per heavy atom. The first-order valence-electron chi connectivity index (χ1n) is 7.55. The summed E-state index contributed by atoms with van der Waals surface area (Å²) in [6.45, 7) is 5.85. The zero-order valence-corrected chi connectivity index (χ0v) is 13.3. The van der Waals surface area contributed by atoms with Gasteiger partial charge in [-0.3, -0.25) is 0 Å². The van der Waals surface area contributed by atoms with Crippen molar-refractivity contribution in [1.82, 2.24) is 0 Å². The fourth-order valence-corrected chi connectivity index (χ4v) is 2.11. The molecule has 0 saturated heterocycles. The molecule has 1 unspecified atom stereocenters. The third-order valence-electron chi connectivity index (χ3n) is 3.18. The normalized spacial score (nSPS) is 11.6. The molecule has 3 heteroatoms. The minimum atomic E-state index is 0.0768. The highest BCUT2D eigenvalue weighted by molar-refractivity contribution is 5.48. The van der Waals surface area contributed by atoms with Gasteiger partial charge < -0.3 is 14.6 Å². The van der Waals surface area contributed by atoms with Crippen LogP contribution in [-0.4, -0.2) is 25.4 Å². The van der Waals surface area contributed by atoms with Gasteiger partial charge in [-0.05, 0) is 30.0 Å². The fourth-order valence-electron chi connectivity index (χ4n) is 2.11. The van der Waals surface area contributed by atoms with Gasteiger partial charge in [-0.15, -0.1) is 0 Å². The van der Waals surface area contributed by atoms with Crippen LogP contribution in [0.1, 0.15) is 44.2 Å². The van der Waals surface area contributed by atoms with Gasteiger partial charge in [0.2, 0.25) is 0 Å². The van der Waals surface area contributed by atoms with Gasteiger partial charge in [0, 0.05) is 13.0 Å². The Hall–Kier alpha value is -1.50. The van der Waals surface area contributed by atoms with E-state index in [0.29, 0.717) is 18.9 Å². The quantitative estimate of drug-likeness (QED) is 0.746. The number of aliphatic hydroxyl groups excluding tert-OH is 1. The zero-order chi connectivity index (χ0) is 15.5. The number of aliphatic hydroxyl groups is 1. The molecule has 1 aromatic rings. The molecule has 0 radical (unpaired) electrons. The van der Waals surface area contributed by atoms with E-state index in [4.69, 9.17) is 14.6 Å². The molecule has 0 bridgehead atoms. The van der Waals surface area contributed by atoms with Crippen molar-refractivity contribution in [2.75, 3.05) is 20.3 Å². The molecule has 116 valence electrons. The molecule has 0 heterocycles. The van der Waals surface area contributed by atoms with Gasteiger partial charge in [-0.2, -0.15) is 0 Å². The number of benzene rings is 1. The van der Waals surface area contributed by atoms with Crippen molar-refractivity contribution >= 4 is 0 Å². The maximum absolute atomic E-state index is 8.78. The lowest BCUT2D eigenvalue weighted by atomic mass is 10.1. The number of methoxy groups -OCH3 is 1. The Bertz CT molecular complexity index is 471. The summed E-state index contributed by atoms with van der Waals surface area (Å²) in [7, 11) is 1.63. The van der Waals surface area contributed by atoms with E-state index < -0.39 is 0 Å². The number of ether oxygens (including phenoxy) is 2. The topological polar surface area (TPSA) is 38.7 Å². The van der Waals surface area contributed by atoms with Gasteiger partial charge in [-0.1, -0.05) is 38.2 Å². The predicted molar refractivity (Wildman–Crippen MR) is 85.3 cm³/mol. The Balaban J connectivity index is 2.63. The van der Waals surface area contributed by atoms with Gasteiger partial charge >= 0.3 is 0 Å². The zero-order valence-electron chi connectivity index (χ0n) is 13.3. The van der Waals surface area contributed by atoms with Crippen molar-refractivity contribution in [1.29, 1.82) is 0 Å². The Kier molecular flexibility index (Phi) is 8.57. The first kappa shape index (κ1) is 17.6. The summed E-state index contributed by atoms with van der Waals surface area (Å²) < 4.78 is 11.1. The van der Waals surface area contributed by atoms with Crippen molar-refractivity contribution < 1.29 is 14.6 Å². The van der Waals surface area contributed by atoms with Gasteiger partial charge in [0.25, 0.3) is 0 Å². The first-order valence-corrected chi connectivity index (χ1v) is 7.55. The molecule has 0 saturated carbocycles. The van der Waals surface area contributed by atoms with Crippen LogP contribution in [0.25, 0.3) is 0 Å². The van der Waals surface area contributed by atoms with E-state index in [-0.39, 0.29) is 6.61 Å². The molecule has 0 aliphatic carbocycles. The molecule has 1 rings (SSSR count). The minimum absolute atomic E-state index is 0.0768. The van der Waals surface area contributed by atoms with E-state index in [2.05, 4.69) is 25.7 Å². The van der Waals surface area contributed by atoms with E-state index in [1.807, 2.05) is 18.2 Å². The maximum Gasteiger partial charge on any atom is 0.134 e. The van der Waals surface area contributed by atoms with E-state index >= 15 is 0 Å². The molecule has 0 aliphatic heterocycles. The summed E-state index contributed by atoms with van der Waals surface area (Å²) >= 11 is 0. The van der Waals surface area contributed by atoms with Gasteiger partial charge in [-0.25, -0.2) is 0 Å². The first-order chi connectivity index (χ1) is 10.2. The van der Waals surface area contributed by atoms with Crippen molar-refractivity contribution in [3.63, 3.8) is 0 Å². The molecule has 1 atom stereocenters. The molecular weight excluding hydrogens is 264 g/mol. The molecule has 3 nitrogen and oxygen atoms in total. The van der Waals surface area contributed by atoms with Crippen molar-refractivity contribution in [3.8, 4) is 17.6 Å². The molecule has 1 aromatic carbocycles. The van der Waals surface area contributed by atoms with Crippen LogP contribution in [0.2, 0.25) is 0 Å². The summed E-state index contributed by atoms with van der Waals surface area (Å²) in [5.74, 6) is 7.31. The highest BCUT2D eigenvalue weighted by atomic mass is 16.5. The summed E-state index contributed by atoms with van der Waals surface area (Å²) in [5.41, 5.74) is 1.93. The third-order valence-corrected chi connectivity index (χ3v) is 3.18. The maximum atomic E-state index is 8.78. The second-order valence-electron chi connectivity index (χ2n) is 5.22. The lowest BCUT2D eigenvalue weighted by molar-refractivity contribution is 0.0893. The average Bonchev–Trinajstić information content (AvgIpc) is 2.48. The highest BCUT2D eigenvalue weighted by Crippen LogP contribution is 2.19. The number of hydrogen-bond donors (Lipinski definition) is 1. The Labute approximate surface area is 128 Å². The summed E-state index contributed by atoms with van der Waals surface area (Å²) in [6.07, 6.45) is 2.86.